The Balaban J connectivity index is 1.47. The molecule has 32 heavy (non-hydrogen) atoms. The van der Waals surface area contributed by atoms with Crippen LogP contribution in [0.4, 0.5) is 5.13 Å². The molecule has 6 heteroatoms. The second kappa shape index (κ2) is 10.8. The van der Waals surface area contributed by atoms with Gasteiger partial charge in [0.2, 0.25) is 5.91 Å². The first kappa shape index (κ1) is 22.6. The van der Waals surface area contributed by atoms with Gasteiger partial charge in [-0.05, 0) is 41.8 Å². The maximum Gasteiger partial charge on any atom is 0.236 e. The molecular weight excluding hydrogens is 456 g/mol. The molecule has 0 saturated heterocycles. The fourth-order valence-corrected chi connectivity index (χ4v) is 5.24. The number of hydrogen-bond acceptors (Lipinski definition) is 4. The van der Waals surface area contributed by atoms with Crippen LogP contribution in [0.3, 0.4) is 0 Å². The fourth-order valence-electron chi connectivity index (χ4n) is 3.31. The molecule has 0 radical (unpaired) electrons. The van der Waals surface area contributed by atoms with Crippen molar-refractivity contribution in [1.82, 2.24) is 4.98 Å². The molecule has 1 N–H and O–H groups in total. The van der Waals surface area contributed by atoms with Crippen LogP contribution in [0.1, 0.15) is 18.2 Å². The van der Waals surface area contributed by atoms with Crippen LogP contribution in [0.2, 0.25) is 5.02 Å². The number of thioether (sulfide) groups is 1. The molecule has 1 heterocycles. The van der Waals surface area contributed by atoms with E-state index in [0.29, 0.717) is 15.9 Å². The minimum absolute atomic E-state index is 0.0623. The summed E-state index contributed by atoms with van der Waals surface area (Å²) in [6, 6.07) is 26.3. The molecular formula is C26H23ClN2OS2. The van der Waals surface area contributed by atoms with Gasteiger partial charge in [0.1, 0.15) is 0 Å². The molecule has 4 rings (SSSR count). The van der Waals surface area contributed by atoms with Crippen molar-refractivity contribution in [3.05, 3.63) is 88.8 Å². The Morgan fingerprint density at radius 3 is 2.28 bits per heavy atom. The Bertz CT molecular complexity index is 1170. The average Bonchev–Trinajstić information content (AvgIpc) is 3.21. The Kier molecular flexibility index (Phi) is 7.63. The van der Waals surface area contributed by atoms with Crippen molar-refractivity contribution < 1.29 is 4.79 Å². The van der Waals surface area contributed by atoms with E-state index in [1.54, 1.807) is 11.3 Å². The van der Waals surface area contributed by atoms with E-state index in [-0.39, 0.29) is 5.91 Å². The topological polar surface area (TPSA) is 42.0 Å². The summed E-state index contributed by atoms with van der Waals surface area (Å²) in [5, 5.41) is 4.31. The van der Waals surface area contributed by atoms with Crippen LogP contribution in [0, 0.1) is 0 Å². The molecule has 3 aromatic carbocycles. The maximum absolute atomic E-state index is 12.5. The van der Waals surface area contributed by atoms with Crippen LogP contribution in [-0.4, -0.2) is 16.6 Å². The molecule has 4 aromatic rings. The first-order chi connectivity index (χ1) is 15.6. The van der Waals surface area contributed by atoms with Crippen molar-refractivity contribution in [1.29, 1.82) is 0 Å². The van der Waals surface area contributed by atoms with Crippen LogP contribution in [0.15, 0.2) is 83.8 Å². The van der Waals surface area contributed by atoms with Gasteiger partial charge >= 0.3 is 0 Å². The largest absolute Gasteiger partial charge is 0.301 e. The number of halogens is 1. The molecule has 0 aliphatic rings. The van der Waals surface area contributed by atoms with Gasteiger partial charge in [0, 0.05) is 20.4 Å². The van der Waals surface area contributed by atoms with E-state index in [1.807, 2.05) is 42.5 Å². The van der Waals surface area contributed by atoms with E-state index >= 15 is 0 Å². The number of thiazole rings is 1. The first-order valence-corrected chi connectivity index (χ1v) is 12.6. The third-order valence-corrected chi connectivity index (χ3v) is 7.16. The minimum Gasteiger partial charge on any atom is -0.301 e. The summed E-state index contributed by atoms with van der Waals surface area (Å²) >= 11 is 8.96. The summed E-state index contributed by atoms with van der Waals surface area (Å²) in [6.07, 6.45) is 1.96. The number of anilines is 1. The number of carbonyl (C=O) groups excluding carboxylic acids is 1. The summed E-state index contributed by atoms with van der Waals surface area (Å²) in [5.74, 6) is 0.263. The van der Waals surface area contributed by atoms with Crippen molar-refractivity contribution >= 4 is 45.7 Å². The van der Waals surface area contributed by atoms with Crippen molar-refractivity contribution in [2.75, 3.05) is 11.1 Å². The Morgan fingerprint density at radius 1 is 0.938 bits per heavy atom. The summed E-state index contributed by atoms with van der Waals surface area (Å²) < 4.78 is 0. The molecule has 0 fully saturated rings. The highest BCUT2D eigenvalue weighted by molar-refractivity contribution is 8.00. The molecule has 0 saturated carbocycles. The van der Waals surface area contributed by atoms with Gasteiger partial charge in [-0.1, -0.05) is 79.5 Å². The van der Waals surface area contributed by atoms with Crippen LogP contribution < -0.4 is 5.32 Å². The van der Waals surface area contributed by atoms with Gasteiger partial charge in [0.15, 0.2) is 5.13 Å². The lowest BCUT2D eigenvalue weighted by Gasteiger charge is -2.05. The van der Waals surface area contributed by atoms with E-state index in [9.17, 15) is 4.79 Å². The third kappa shape index (κ3) is 5.80. The molecule has 0 aliphatic heterocycles. The van der Waals surface area contributed by atoms with E-state index in [1.165, 1.54) is 27.8 Å². The molecule has 0 aliphatic carbocycles. The highest BCUT2D eigenvalue weighted by Crippen LogP contribution is 2.33. The lowest BCUT2D eigenvalue weighted by Crippen LogP contribution is -2.13. The van der Waals surface area contributed by atoms with Crippen LogP contribution in [0.25, 0.3) is 22.4 Å². The molecule has 0 atom stereocenters. The van der Waals surface area contributed by atoms with E-state index < -0.39 is 0 Å². The van der Waals surface area contributed by atoms with Gasteiger partial charge < -0.3 is 5.32 Å². The molecule has 1 aromatic heterocycles. The van der Waals surface area contributed by atoms with Gasteiger partial charge in [-0.3, -0.25) is 4.79 Å². The lowest BCUT2D eigenvalue weighted by molar-refractivity contribution is -0.113. The molecule has 0 unspecified atom stereocenters. The van der Waals surface area contributed by atoms with Crippen molar-refractivity contribution in [3.63, 3.8) is 0 Å². The highest BCUT2D eigenvalue weighted by atomic mass is 35.5. The van der Waals surface area contributed by atoms with E-state index in [0.717, 1.165) is 29.0 Å². The predicted molar refractivity (Wildman–Crippen MR) is 138 cm³/mol. The highest BCUT2D eigenvalue weighted by Gasteiger charge is 2.15. The second-order valence-corrected chi connectivity index (χ2v) is 9.84. The standard InChI is InChI=1S/C26H23ClN2OS2/c1-2-6-23-25(20-11-9-19(10-12-20)18-7-4-3-5-8-18)29-26(32-23)28-24(30)17-31-22-15-13-21(27)14-16-22/h3-5,7-16H,2,6,17H2,1H3,(H,28,29,30). The predicted octanol–water partition coefficient (Wildman–Crippen LogP) is 7.81. The number of benzene rings is 3. The van der Waals surface area contributed by atoms with Crippen LogP contribution >= 0.6 is 34.7 Å². The average molecular weight is 479 g/mol. The van der Waals surface area contributed by atoms with Crippen molar-refractivity contribution in [3.8, 4) is 22.4 Å². The number of nitrogens with zero attached hydrogens (tertiary/aromatic N) is 1. The van der Waals surface area contributed by atoms with Crippen molar-refractivity contribution in [2.45, 2.75) is 24.7 Å². The molecule has 3 nitrogen and oxygen atoms in total. The second-order valence-electron chi connectivity index (χ2n) is 7.27. The van der Waals surface area contributed by atoms with Gasteiger partial charge in [-0.15, -0.1) is 23.1 Å². The van der Waals surface area contributed by atoms with Crippen LogP contribution in [0.5, 0.6) is 0 Å². The minimum atomic E-state index is -0.0623. The van der Waals surface area contributed by atoms with Gasteiger partial charge in [-0.2, -0.15) is 0 Å². The Hall–Kier alpha value is -2.60. The van der Waals surface area contributed by atoms with Gasteiger partial charge in [-0.25, -0.2) is 4.98 Å². The number of nitrogens with one attached hydrogen (secondary N) is 1. The van der Waals surface area contributed by atoms with Gasteiger partial charge in [0.25, 0.3) is 0 Å². The SMILES string of the molecule is CCCc1sc(NC(=O)CSc2ccc(Cl)cc2)nc1-c1ccc(-c2ccccc2)cc1. The first-order valence-electron chi connectivity index (χ1n) is 10.5. The number of rotatable bonds is 8. The van der Waals surface area contributed by atoms with Crippen LogP contribution in [-0.2, 0) is 11.2 Å². The lowest BCUT2D eigenvalue weighted by atomic mass is 10.0. The quantitative estimate of drug-likeness (QED) is 0.262. The molecule has 162 valence electrons. The summed E-state index contributed by atoms with van der Waals surface area (Å²) in [4.78, 5) is 19.4. The maximum atomic E-state index is 12.5. The summed E-state index contributed by atoms with van der Waals surface area (Å²) in [6.45, 7) is 2.16. The monoisotopic (exact) mass is 478 g/mol. The summed E-state index contributed by atoms with van der Waals surface area (Å²) in [5.41, 5.74) is 4.39. The zero-order valence-electron chi connectivity index (χ0n) is 17.7. The molecule has 0 spiro atoms. The van der Waals surface area contributed by atoms with Gasteiger partial charge in [0.05, 0.1) is 11.4 Å². The number of hydrogen-bond donors (Lipinski definition) is 1. The molecule has 1 amide bonds. The Labute approximate surface area is 201 Å². The number of aryl methyl sites for hydroxylation is 1. The zero-order valence-corrected chi connectivity index (χ0v) is 20.1. The number of amides is 1. The zero-order chi connectivity index (χ0) is 22.3. The van der Waals surface area contributed by atoms with Crippen molar-refractivity contribution in [2.24, 2.45) is 0 Å². The normalized spacial score (nSPS) is 10.8. The fraction of sp³-hybridized carbons (Fsp3) is 0.154. The third-order valence-electron chi connectivity index (χ3n) is 4.87. The smallest absolute Gasteiger partial charge is 0.236 e. The number of carbonyl (C=O) groups is 1. The number of aromatic nitrogens is 1. The Morgan fingerprint density at radius 2 is 1.59 bits per heavy atom. The summed E-state index contributed by atoms with van der Waals surface area (Å²) in [7, 11) is 0. The van der Waals surface area contributed by atoms with E-state index in [4.69, 9.17) is 16.6 Å². The van der Waals surface area contributed by atoms with E-state index in [2.05, 4.69) is 48.6 Å². The molecule has 0 bridgehead atoms.